The summed E-state index contributed by atoms with van der Waals surface area (Å²) in [6.45, 7) is 1.90. The molecule has 2 aromatic heterocycles. The van der Waals surface area contributed by atoms with Crippen LogP contribution in [0.2, 0.25) is 5.02 Å². The summed E-state index contributed by atoms with van der Waals surface area (Å²) in [6.07, 6.45) is -4.87. The fourth-order valence-electron chi connectivity index (χ4n) is 3.15. The second kappa shape index (κ2) is 6.98. The number of ether oxygens (including phenoxy) is 1. The van der Waals surface area contributed by atoms with E-state index in [1.54, 1.807) is 31.2 Å². The standard InChI is InChI=1S/C19H17ClF3N3O3/c1-10-4-13(26-29-10)9-28-16-7-15-11(6-14(16)20)5-12(25-15)8-24-17(27)18(2-3-18)19(21,22)23/h4-7,25H,2-3,8-9H2,1H3,(H,24,27). The predicted octanol–water partition coefficient (Wildman–Crippen LogP) is 4.66. The Kier molecular flexibility index (Phi) is 4.72. The number of aromatic nitrogens is 2. The van der Waals surface area contributed by atoms with Crippen LogP contribution < -0.4 is 10.1 Å². The normalized spacial score (nSPS) is 15.5. The number of aryl methyl sites for hydroxylation is 1. The number of alkyl halides is 3. The van der Waals surface area contributed by atoms with Crippen molar-refractivity contribution in [3.05, 3.63) is 46.4 Å². The third-order valence-corrected chi connectivity index (χ3v) is 5.24. The van der Waals surface area contributed by atoms with E-state index in [1.807, 2.05) is 0 Å². The molecule has 0 radical (unpaired) electrons. The number of nitrogens with one attached hydrogen (secondary N) is 2. The summed E-state index contributed by atoms with van der Waals surface area (Å²) in [5.74, 6) is 0.0968. The fourth-order valence-corrected chi connectivity index (χ4v) is 3.37. The summed E-state index contributed by atoms with van der Waals surface area (Å²) in [4.78, 5) is 15.1. The van der Waals surface area contributed by atoms with E-state index in [-0.39, 0.29) is 26.0 Å². The minimum Gasteiger partial charge on any atom is -0.486 e. The number of nitrogens with zero attached hydrogens (tertiary/aromatic N) is 1. The Morgan fingerprint density at radius 3 is 2.72 bits per heavy atom. The van der Waals surface area contributed by atoms with Crippen LogP contribution in [0.1, 0.15) is 30.0 Å². The number of rotatable bonds is 6. The number of hydrogen-bond acceptors (Lipinski definition) is 4. The van der Waals surface area contributed by atoms with E-state index in [0.717, 1.165) is 5.39 Å². The molecule has 29 heavy (non-hydrogen) atoms. The maximum absolute atomic E-state index is 13.0. The zero-order valence-electron chi connectivity index (χ0n) is 15.3. The largest absolute Gasteiger partial charge is 0.486 e. The lowest BCUT2D eigenvalue weighted by Crippen LogP contribution is -2.40. The Bertz CT molecular complexity index is 1070. The molecular formula is C19H17ClF3N3O3. The summed E-state index contributed by atoms with van der Waals surface area (Å²) in [5.41, 5.74) is -0.371. The van der Waals surface area contributed by atoms with Crippen molar-refractivity contribution < 1.29 is 27.2 Å². The molecule has 154 valence electrons. The Hall–Kier alpha value is -2.68. The number of fused-ring (bicyclic) bond motifs is 1. The monoisotopic (exact) mass is 427 g/mol. The molecule has 0 saturated heterocycles. The molecule has 0 unspecified atom stereocenters. The first kappa shape index (κ1) is 19.6. The molecule has 1 fully saturated rings. The third kappa shape index (κ3) is 3.78. The summed E-state index contributed by atoms with van der Waals surface area (Å²) < 4.78 is 49.7. The Balaban J connectivity index is 1.44. The molecule has 0 bridgehead atoms. The topological polar surface area (TPSA) is 80.1 Å². The van der Waals surface area contributed by atoms with Crippen LogP contribution in [0.15, 0.2) is 28.8 Å². The summed E-state index contributed by atoms with van der Waals surface area (Å²) >= 11 is 6.25. The minimum atomic E-state index is -4.53. The molecule has 2 heterocycles. The van der Waals surface area contributed by atoms with Crippen molar-refractivity contribution >= 4 is 28.4 Å². The van der Waals surface area contributed by atoms with Crippen LogP contribution in [-0.4, -0.2) is 22.2 Å². The first-order valence-electron chi connectivity index (χ1n) is 8.89. The highest BCUT2D eigenvalue weighted by Gasteiger charge is 2.68. The van der Waals surface area contributed by atoms with E-state index in [9.17, 15) is 18.0 Å². The van der Waals surface area contributed by atoms with Gasteiger partial charge in [-0.05, 0) is 31.9 Å². The molecule has 0 aliphatic heterocycles. The Morgan fingerprint density at radius 1 is 1.34 bits per heavy atom. The maximum atomic E-state index is 13.0. The SMILES string of the molecule is Cc1cc(COc2cc3[nH]c(CNC(=O)C4(C(F)(F)F)CC4)cc3cc2Cl)no1. The lowest BCUT2D eigenvalue weighted by molar-refractivity contribution is -0.192. The van der Waals surface area contributed by atoms with Crippen LogP contribution in [-0.2, 0) is 17.9 Å². The zero-order chi connectivity index (χ0) is 20.8. The highest BCUT2D eigenvalue weighted by molar-refractivity contribution is 6.32. The van der Waals surface area contributed by atoms with Crippen molar-refractivity contribution in [2.24, 2.45) is 5.41 Å². The van der Waals surface area contributed by atoms with Crippen molar-refractivity contribution in [3.8, 4) is 5.75 Å². The van der Waals surface area contributed by atoms with Gasteiger partial charge in [-0.3, -0.25) is 4.79 Å². The average Bonchev–Trinajstić information content (AvgIpc) is 3.25. The van der Waals surface area contributed by atoms with E-state index >= 15 is 0 Å². The number of H-pyrrole nitrogens is 1. The number of carbonyl (C=O) groups is 1. The molecular weight excluding hydrogens is 411 g/mol. The molecule has 1 aliphatic carbocycles. The van der Waals surface area contributed by atoms with E-state index in [0.29, 0.717) is 33.4 Å². The smallest absolute Gasteiger partial charge is 0.403 e. The number of carbonyl (C=O) groups excluding carboxylic acids is 1. The van der Waals surface area contributed by atoms with Crippen molar-refractivity contribution in [2.75, 3.05) is 0 Å². The van der Waals surface area contributed by atoms with Crippen LogP contribution in [0, 0.1) is 12.3 Å². The quantitative estimate of drug-likeness (QED) is 0.599. The fraction of sp³-hybridized carbons (Fsp3) is 0.368. The number of aromatic amines is 1. The van der Waals surface area contributed by atoms with Crippen molar-refractivity contribution in [1.29, 1.82) is 0 Å². The van der Waals surface area contributed by atoms with Crippen LogP contribution in [0.4, 0.5) is 13.2 Å². The summed E-state index contributed by atoms with van der Waals surface area (Å²) in [6, 6.07) is 6.84. The van der Waals surface area contributed by atoms with Crippen molar-refractivity contribution in [1.82, 2.24) is 15.5 Å². The number of benzene rings is 1. The van der Waals surface area contributed by atoms with Gasteiger partial charge in [-0.2, -0.15) is 13.2 Å². The second-order valence-corrected chi connectivity index (χ2v) is 7.55. The van der Waals surface area contributed by atoms with Gasteiger partial charge < -0.3 is 19.6 Å². The number of halogens is 4. The molecule has 1 saturated carbocycles. The molecule has 0 atom stereocenters. The third-order valence-electron chi connectivity index (χ3n) is 4.95. The highest BCUT2D eigenvalue weighted by Crippen LogP contribution is 2.57. The van der Waals surface area contributed by atoms with E-state index < -0.39 is 17.5 Å². The van der Waals surface area contributed by atoms with Gasteiger partial charge in [0.15, 0.2) is 0 Å². The summed E-state index contributed by atoms with van der Waals surface area (Å²) in [5, 5.41) is 7.34. The average molecular weight is 428 g/mol. The number of amides is 1. The molecule has 0 spiro atoms. The van der Waals surface area contributed by atoms with Gasteiger partial charge in [0, 0.05) is 28.7 Å². The Labute approximate surface area is 168 Å². The maximum Gasteiger partial charge on any atom is 0.403 e. The van der Waals surface area contributed by atoms with Gasteiger partial charge in [-0.1, -0.05) is 16.8 Å². The van der Waals surface area contributed by atoms with Gasteiger partial charge in [0.05, 0.1) is 11.6 Å². The van der Waals surface area contributed by atoms with Crippen molar-refractivity contribution in [3.63, 3.8) is 0 Å². The molecule has 1 aromatic carbocycles. The molecule has 4 rings (SSSR count). The van der Waals surface area contributed by atoms with Gasteiger partial charge in [0.2, 0.25) is 5.91 Å². The molecule has 10 heteroatoms. The lowest BCUT2D eigenvalue weighted by Gasteiger charge is -2.18. The first-order chi connectivity index (χ1) is 13.7. The molecule has 6 nitrogen and oxygen atoms in total. The van der Waals surface area contributed by atoms with Crippen LogP contribution in [0.5, 0.6) is 5.75 Å². The predicted molar refractivity (Wildman–Crippen MR) is 98.4 cm³/mol. The second-order valence-electron chi connectivity index (χ2n) is 7.14. The van der Waals surface area contributed by atoms with Gasteiger partial charge in [-0.25, -0.2) is 0 Å². The van der Waals surface area contributed by atoms with Gasteiger partial charge >= 0.3 is 6.18 Å². The highest BCUT2D eigenvalue weighted by atomic mass is 35.5. The van der Waals surface area contributed by atoms with Gasteiger partial charge in [-0.15, -0.1) is 0 Å². The summed E-state index contributed by atoms with van der Waals surface area (Å²) in [7, 11) is 0. The van der Waals surface area contributed by atoms with E-state index in [1.165, 1.54) is 0 Å². The van der Waals surface area contributed by atoms with Crippen molar-refractivity contribution in [2.45, 2.75) is 39.1 Å². The first-order valence-corrected chi connectivity index (χ1v) is 9.27. The Morgan fingerprint density at radius 2 is 2.10 bits per heavy atom. The molecule has 3 aromatic rings. The van der Waals surface area contributed by atoms with E-state index in [4.69, 9.17) is 20.9 Å². The number of hydrogen-bond donors (Lipinski definition) is 2. The minimum absolute atomic E-state index is 0.0443. The molecule has 1 aliphatic rings. The van der Waals surface area contributed by atoms with Gasteiger partial charge in [0.1, 0.15) is 29.2 Å². The van der Waals surface area contributed by atoms with Crippen LogP contribution in [0.3, 0.4) is 0 Å². The van der Waals surface area contributed by atoms with Crippen LogP contribution >= 0.6 is 11.6 Å². The lowest BCUT2D eigenvalue weighted by atomic mass is 10.1. The van der Waals surface area contributed by atoms with Gasteiger partial charge in [0.25, 0.3) is 0 Å². The molecule has 2 N–H and O–H groups in total. The van der Waals surface area contributed by atoms with E-state index in [2.05, 4.69) is 15.5 Å². The zero-order valence-corrected chi connectivity index (χ0v) is 16.1. The molecule has 1 amide bonds. The van der Waals surface area contributed by atoms with Crippen LogP contribution in [0.25, 0.3) is 10.9 Å².